The lowest BCUT2D eigenvalue weighted by atomic mass is 9.97. The summed E-state index contributed by atoms with van der Waals surface area (Å²) in [7, 11) is 1.67. The molecule has 1 saturated carbocycles. The molecule has 0 spiro atoms. The Balaban J connectivity index is 0.00000161. The van der Waals surface area contributed by atoms with Crippen LogP contribution in [0.15, 0.2) is 18.2 Å². The first-order valence-electron chi connectivity index (χ1n) is 7.56. The summed E-state index contributed by atoms with van der Waals surface area (Å²) in [6.45, 7) is 4.08. The van der Waals surface area contributed by atoms with Crippen LogP contribution in [0.4, 0.5) is 4.39 Å². The molecule has 0 aromatic heterocycles. The fourth-order valence-electron chi connectivity index (χ4n) is 3.10. The highest BCUT2D eigenvalue weighted by atomic mass is 35.5. The number of nitrogens with zero attached hydrogens (tertiary/aromatic N) is 1. The number of piperazine rings is 1. The lowest BCUT2D eigenvalue weighted by molar-refractivity contribution is 0.157. The third-order valence-corrected chi connectivity index (χ3v) is 4.40. The summed E-state index contributed by atoms with van der Waals surface area (Å²) in [6, 6.07) is 5.19. The maximum Gasteiger partial charge on any atom is 0.123 e. The second-order valence-corrected chi connectivity index (χ2v) is 5.87. The number of ether oxygens (including phenoxy) is 1. The van der Waals surface area contributed by atoms with Crippen molar-refractivity contribution in [3.63, 3.8) is 0 Å². The van der Waals surface area contributed by atoms with Crippen LogP contribution in [0.25, 0.3) is 0 Å². The Morgan fingerprint density at radius 1 is 1.33 bits per heavy atom. The van der Waals surface area contributed by atoms with Crippen LogP contribution in [0.3, 0.4) is 0 Å². The van der Waals surface area contributed by atoms with Crippen LogP contribution in [-0.4, -0.2) is 38.2 Å². The summed E-state index contributed by atoms with van der Waals surface area (Å²) in [5.74, 6) is 1.45. The molecule has 1 aliphatic heterocycles. The zero-order valence-corrected chi connectivity index (χ0v) is 13.3. The first kappa shape index (κ1) is 16.5. The van der Waals surface area contributed by atoms with Crippen molar-refractivity contribution in [3.05, 3.63) is 29.6 Å². The minimum Gasteiger partial charge on any atom is -0.496 e. The molecule has 1 N–H and O–H groups in total. The molecule has 0 radical (unpaired) electrons. The largest absolute Gasteiger partial charge is 0.496 e. The molecule has 1 atom stereocenters. The van der Waals surface area contributed by atoms with Crippen LogP contribution < -0.4 is 10.1 Å². The van der Waals surface area contributed by atoms with E-state index >= 15 is 0 Å². The van der Waals surface area contributed by atoms with Crippen LogP contribution in [0, 0.1) is 11.7 Å². The number of hydrogen-bond acceptors (Lipinski definition) is 3. The predicted octanol–water partition coefficient (Wildman–Crippen LogP) is 3.00. The van der Waals surface area contributed by atoms with Crippen LogP contribution in [0.1, 0.15) is 30.9 Å². The molecule has 1 aliphatic carbocycles. The molecule has 5 heteroatoms. The number of rotatable bonds is 5. The number of hydrogen-bond donors (Lipinski definition) is 1. The third kappa shape index (κ3) is 4.09. The van der Waals surface area contributed by atoms with Gasteiger partial charge in [-0.3, -0.25) is 4.90 Å². The number of methoxy groups -OCH3 is 1. The van der Waals surface area contributed by atoms with E-state index in [4.69, 9.17) is 4.74 Å². The molecule has 0 unspecified atom stereocenters. The van der Waals surface area contributed by atoms with Crippen molar-refractivity contribution >= 4 is 12.4 Å². The maximum absolute atomic E-state index is 13.7. The minimum atomic E-state index is -0.170. The highest BCUT2D eigenvalue weighted by Gasteiger charge is 2.32. The molecule has 2 fully saturated rings. The molecule has 2 aliphatic rings. The molecule has 118 valence electrons. The van der Waals surface area contributed by atoms with Crippen LogP contribution >= 0.6 is 12.4 Å². The van der Waals surface area contributed by atoms with Gasteiger partial charge in [-0.25, -0.2) is 4.39 Å². The molecule has 3 nitrogen and oxygen atoms in total. The van der Waals surface area contributed by atoms with Crippen molar-refractivity contribution in [2.45, 2.75) is 25.3 Å². The fourth-order valence-corrected chi connectivity index (χ4v) is 3.10. The van der Waals surface area contributed by atoms with Crippen molar-refractivity contribution in [2.24, 2.45) is 5.92 Å². The second-order valence-electron chi connectivity index (χ2n) is 5.87. The number of halogens is 2. The van der Waals surface area contributed by atoms with Gasteiger partial charge in [-0.15, -0.1) is 12.4 Å². The standard InChI is InChI=1S/C16H23FN2O.ClH/c1-20-16-5-4-13(17)11-14(16)15(10-12-2-3-12)19-8-6-18-7-9-19;/h4-5,11-12,15,18H,2-3,6-10H2,1H3;1H/t15-;/m1./s1. The van der Waals surface area contributed by atoms with Gasteiger partial charge >= 0.3 is 0 Å². The first-order valence-corrected chi connectivity index (χ1v) is 7.56. The van der Waals surface area contributed by atoms with E-state index in [0.717, 1.165) is 49.8 Å². The Labute approximate surface area is 132 Å². The first-order chi connectivity index (χ1) is 9.78. The second kappa shape index (κ2) is 7.43. The normalized spacial score (nSPS) is 20.7. The van der Waals surface area contributed by atoms with Crippen LogP contribution in [0.5, 0.6) is 5.75 Å². The van der Waals surface area contributed by atoms with Crippen LogP contribution in [-0.2, 0) is 0 Å². The average Bonchev–Trinajstić information content (AvgIpc) is 3.30. The summed E-state index contributed by atoms with van der Waals surface area (Å²) in [5, 5.41) is 3.38. The van der Waals surface area contributed by atoms with Crippen molar-refractivity contribution in [2.75, 3.05) is 33.3 Å². The fraction of sp³-hybridized carbons (Fsp3) is 0.625. The quantitative estimate of drug-likeness (QED) is 0.904. The lowest BCUT2D eigenvalue weighted by Crippen LogP contribution is -2.45. The molecule has 0 bridgehead atoms. The van der Waals surface area contributed by atoms with E-state index in [0.29, 0.717) is 0 Å². The number of benzene rings is 1. The smallest absolute Gasteiger partial charge is 0.123 e. The van der Waals surface area contributed by atoms with Gasteiger partial charge in [0.1, 0.15) is 11.6 Å². The average molecular weight is 315 g/mol. The zero-order valence-electron chi connectivity index (χ0n) is 12.5. The van der Waals surface area contributed by atoms with E-state index in [9.17, 15) is 4.39 Å². The lowest BCUT2D eigenvalue weighted by Gasteiger charge is -2.36. The van der Waals surface area contributed by atoms with Gasteiger partial charge in [0.2, 0.25) is 0 Å². The van der Waals surface area contributed by atoms with Gasteiger partial charge in [-0.2, -0.15) is 0 Å². The molecular weight excluding hydrogens is 291 g/mol. The zero-order chi connectivity index (χ0) is 13.9. The molecular formula is C16H24ClFN2O. The van der Waals surface area contributed by atoms with Crippen LogP contribution in [0.2, 0.25) is 0 Å². The molecule has 1 saturated heterocycles. The van der Waals surface area contributed by atoms with E-state index in [-0.39, 0.29) is 24.3 Å². The Morgan fingerprint density at radius 3 is 2.67 bits per heavy atom. The van der Waals surface area contributed by atoms with Gasteiger partial charge < -0.3 is 10.1 Å². The van der Waals surface area contributed by atoms with Gasteiger partial charge in [0.05, 0.1) is 7.11 Å². The summed E-state index contributed by atoms with van der Waals surface area (Å²) >= 11 is 0. The maximum atomic E-state index is 13.7. The van der Waals surface area contributed by atoms with Crippen molar-refractivity contribution in [1.29, 1.82) is 0 Å². The number of nitrogens with one attached hydrogen (secondary N) is 1. The minimum absolute atomic E-state index is 0. The SMILES string of the molecule is COc1ccc(F)cc1[C@@H](CC1CC1)N1CCNCC1.Cl. The summed E-state index contributed by atoms with van der Waals surface area (Å²) in [4.78, 5) is 2.48. The van der Waals surface area contributed by atoms with Gasteiger partial charge in [0.25, 0.3) is 0 Å². The topological polar surface area (TPSA) is 24.5 Å². The molecule has 3 rings (SSSR count). The highest BCUT2D eigenvalue weighted by Crippen LogP contribution is 2.42. The van der Waals surface area contributed by atoms with Crippen molar-refractivity contribution < 1.29 is 9.13 Å². The third-order valence-electron chi connectivity index (χ3n) is 4.40. The monoisotopic (exact) mass is 314 g/mol. The Morgan fingerprint density at radius 2 is 2.05 bits per heavy atom. The van der Waals surface area contributed by atoms with E-state index in [1.807, 2.05) is 0 Å². The molecule has 1 heterocycles. The van der Waals surface area contributed by atoms with Gasteiger partial charge in [0.15, 0.2) is 0 Å². The van der Waals surface area contributed by atoms with Gasteiger partial charge in [-0.05, 0) is 30.5 Å². The summed E-state index contributed by atoms with van der Waals surface area (Å²) in [6.07, 6.45) is 3.76. The summed E-state index contributed by atoms with van der Waals surface area (Å²) in [5.41, 5.74) is 1.02. The predicted molar refractivity (Wildman–Crippen MR) is 84.7 cm³/mol. The van der Waals surface area contributed by atoms with Gasteiger partial charge in [0, 0.05) is 37.8 Å². The molecule has 21 heavy (non-hydrogen) atoms. The van der Waals surface area contributed by atoms with E-state index in [1.54, 1.807) is 19.2 Å². The summed E-state index contributed by atoms with van der Waals surface area (Å²) < 4.78 is 19.1. The molecule has 0 amide bonds. The Kier molecular flexibility index (Phi) is 5.85. The molecule has 1 aromatic rings. The van der Waals surface area contributed by atoms with E-state index in [1.165, 1.54) is 18.9 Å². The van der Waals surface area contributed by atoms with Gasteiger partial charge in [-0.1, -0.05) is 12.8 Å². The van der Waals surface area contributed by atoms with Crippen molar-refractivity contribution in [3.8, 4) is 5.75 Å². The van der Waals surface area contributed by atoms with Crippen molar-refractivity contribution in [1.82, 2.24) is 10.2 Å². The van der Waals surface area contributed by atoms with E-state index in [2.05, 4.69) is 10.2 Å². The Hall–Kier alpha value is -0.840. The highest BCUT2D eigenvalue weighted by molar-refractivity contribution is 5.85. The van der Waals surface area contributed by atoms with E-state index < -0.39 is 0 Å². The molecule has 1 aromatic carbocycles. The Bertz CT molecular complexity index is 462.